The predicted molar refractivity (Wildman–Crippen MR) is 190 cm³/mol. The topological polar surface area (TPSA) is 74.6 Å². The number of carboxylic acids is 2. The number of rotatable bonds is 35. The van der Waals surface area contributed by atoms with Crippen LogP contribution in [-0.4, -0.2) is 22.2 Å². The lowest BCUT2D eigenvalue weighted by molar-refractivity contribution is -0.150. The van der Waals surface area contributed by atoms with Gasteiger partial charge in [0, 0.05) is 0 Å². The Morgan fingerprint density at radius 1 is 0.432 bits per heavy atom. The Bertz CT molecular complexity index is 653. The van der Waals surface area contributed by atoms with Gasteiger partial charge in [-0.25, -0.2) is 0 Å². The highest BCUT2D eigenvalue weighted by atomic mass is 16.4. The highest BCUT2D eigenvalue weighted by Gasteiger charge is 2.35. The van der Waals surface area contributed by atoms with Gasteiger partial charge in [0.2, 0.25) is 0 Å². The Balaban J connectivity index is 4.05. The second-order valence-corrected chi connectivity index (χ2v) is 13.5. The molecule has 0 heterocycles. The fourth-order valence-corrected chi connectivity index (χ4v) is 6.14. The smallest absolute Gasteiger partial charge is 0.318 e. The molecule has 0 aromatic carbocycles. The highest BCUT2D eigenvalue weighted by molar-refractivity contribution is 5.85. The van der Waals surface area contributed by atoms with Crippen molar-refractivity contribution >= 4 is 11.9 Å². The largest absolute Gasteiger partial charge is 0.481 e. The first kappa shape index (κ1) is 42.4. The summed E-state index contributed by atoms with van der Waals surface area (Å²) in [5.74, 6) is -2.15. The fourth-order valence-electron chi connectivity index (χ4n) is 6.14. The van der Waals surface area contributed by atoms with Crippen LogP contribution in [0, 0.1) is 5.41 Å². The third-order valence-electron chi connectivity index (χ3n) is 9.12. The molecule has 0 aromatic rings. The minimum Gasteiger partial charge on any atom is -0.481 e. The average Bonchev–Trinajstić information content (AvgIpc) is 3.00. The van der Waals surface area contributed by atoms with E-state index in [1.807, 2.05) is 12.2 Å². The van der Waals surface area contributed by atoms with Crippen LogP contribution in [0.4, 0.5) is 0 Å². The highest BCUT2D eigenvalue weighted by Crippen LogP contribution is 2.28. The van der Waals surface area contributed by atoms with Gasteiger partial charge in [-0.3, -0.25) is 9.59 Å². The maximum absolute atomic E-state index is 12.2. The van der Waals surface area contributed by atoms with Crippen molar-refractivity contribution in [3.63, 3.8) is 0 Å². The van der Waals surface area contributed by atoms with Gasteiger partial charge in [0.05, 0.1) is 6.42 Å². The van der Waals surface area contributed by atoms with Crippen LogP contribution < -0.4 is 0 Å². The van der Waals surface area contributed by atoms with E-state index in [2.05, 4.69) is 13.8 Å². The van der Waals surface area contributed by atoms with Gasteiger partial charge >= 0.3 is 11.9 Å². The normalized spacial score (nSPS) is 13.2. The molecule has 0 saturated carbocycles. The van der Waals surface area contributed by atoms with Crippen molar-refractivity contribution in [2.24, 2.45) is 5.41 Å². The van der Waals surface area contributed by atoms with Crippen molar-refractivity contribution in [3.05, 3.63) is 24.3 Å². The minimum absolute atomic E-state index is 0.410. The number of unbranched alkanes of at least 4 members (excludes halogenated alkanes) is 28. The number of carbonyl (C=O) groups is 2. The lowest BCUT2D eigenvalue weighted by Crippen LogP contribution is -2.29. The Labute approximate surface area is 274 Å². The monoisotopic (exact) mass is 619 g/mol. The zero-order valence-corrected chi connectivity index (χ0v) is 29.4. The molecular formula is C40H74O4. The van der Waals surface area contributed by atoms with E-state index in [0.29, 0.717) is 0 Å². The van der Waals surface area contributed by atoms with E-state index in [1.165, 1.54) is 154 Å². The molecule has 4 nitrogen and oxygen atoms in total. The first-order chi connectivity index (χ1) is 21.5. The molecule has 0 aromatic heterocycles. The van der Waals surface area contributed by atoms with Gasteiger partial charge in [-0.2, -0.15) is 0 Å². The van der Waals surface area contributed by atoms with Gasteiger partial charge in [0.1, 0.15) is 5.41 Å². The van der Waals surface area contributed by atoms with Crippen molar-refractivity contribution < 1.29 is 19.8 Å². The summed E-state index contributed by atoms with van der Waals surface area (Å²) in [5, 5.41) is 19.4. The number of hydrogen-bond acceptors (Lipinski definition) is 2. The standard InChI is InChI=1S/C40H74O4/c1-3-5-7-9-11-13-15-17-19-21-23-25-27-29-31-33-35-40(39(43)44,37-38(41)42)36-34-32-30-28-26-24-22-20-18-16-14-12-10-8-6-4-2/h33-36H,3-32,37H2,1-2H3,(H,41,42)(H,43,44). The van der Waals surface area contributed by atoms with Crippen LogP contribution >= 0.6 is 0 Å². The van der Waals surface area contributed by atoms with Gasteiger partial charge < -0.3 is 10.2 Å². The number of hydrogen-bond donors (Lipinski definition) is 2. The molecule has 0 unspecified atom stereocenters. The molecule has 0 atom stereocenters. The summed E-state index contributed by atoms with van der Waals surface area (Å²) in [6.07, 6.45) is 45.0. The minimum atomic E-state index is -1.45. The van der Waals surface area contributed by atoms with E-state index >= 15 is 0 Å². The lowest BCUT2D eigenvalue weighted by atomic mass is 9.83. The Morgan fingerprint density at radius 2 is 0.682 bits per heavy atom. The van der Waals surface area contributed by atoms with Gasteiger partial charge in [-0.15, -0.1) is 0 Å². The zero-order chi connectivity index (χ0) is 32.4. The average molecular weight is 619 g/mol. The first-order valence-corrected chi connectivity index (χ1v) is 19.3. The molecule has 0 rings (SSSR count). The summed E-state index contributed by atoms with van der Waals surface area (Å²) in [4.78, 5) is 23.7. The van der Waals surface area contributed by atoms with Crippen LogP contribution in [0.3, 0.4) is 0 Å². The molecule has 0 fully saturated rings. The maximum atomic E-state index is 12.2. The van der Waals surface area contributed by atoms with E-state index in [-0.39, 0.29) is 0 Å². The van der Waals surface area contributed by atoms with Crippen LogP contribution in [0.15, 0.2) is 24.3 Å². The molecule has 0 radical (unpaired) electrons. The summed E-state index contributed by atoms with van der Waals surface area (Å²) in [7, 11) is 0. The van der Waals surface area contributed by atoms with Gasteiger partial charge in [0.25, 0.3) is 0 Å². The molecule has 0 amide bonds. The van der Waals surface area contributed by atoms with Crippen LogP contribution in [-0.2, 0) is 9.59 Å². The Morgan fingerprint density at radius 3 is 0.909 bits per heavy atom. The molecule has 0 spiro atoms. The molecule has 2 N–H and O–H groups in total. The number of allylic oxidation sites excluding steroid dienone is 2. The zero-order valence-electron chi connectivity index (χ0n) is 29.4. The molecular weight excluding hydrogens is 544 g/mol. The molecule has 0 aliphatic carbocycles. The van der Waals surface area contributed by atoms with Crippen LogP contribution in [0.2, 0.25) is 0 Å². The van der Waals surface area contributed by atoms with Crippen molar-refractivity contribution in [2.45, 2.75) is 213 Å². The summed E-state index contributed by atoms with van der Waals surface area (Å²) in [5.41, 5.74) is -1.45. The summed E-state index contributed by atoms with van der Waals surface area (Å²) < 4.78 is 0. The SMILES string of the molecule is CCCCCCCCCCCCCCCCC=CC(C=CCCCCCCCCCCCCCCCC)(CC(=O)O)C(=O)O. The van der Waals surface area contributed by atoms with Crippen LogP contribution in [0.1, 0.15) is 213 Å². The van der Waals surface area contributed by atoms with E-state index in [1.54, 1.807) is 12.2 Å². The van der Waals surface area contributed by atoms with Gasteiger partial charge in [0.15, 0.2) is 0 Å². The van der Waals surface area contributed by atoms with Gasteiger partial charge in [-0.05, 0) is 25.7 Å². The summed E-state index contributed by atoms with van der Waals surface area (Å²) in [6.45, 7) is 4.54. The first-order valence-electron chi connectivity index (χ1n) is 19.3. The fraction of sp³-hybridized carbons (Fsp3) is 0.850. The van der Waals surface area contributed by atoms with Crippen LogP contribution in [0.5, 0.6) is 0 Å². The number of carboxylic acid groups (broad SMARTS) is 2. The molecule has 44 heavy (non-hydrogen) atoms. The second kappa shape index (κ2) is 32.8. The molecule has 0 aliphatic heterocycles. The quantitative estimate of drug-likeness (QED) is 0.0547. The summed E-state index contributed by atoms with van der Waals surface area (Å²) >= 11 is 0. The third kappa shape index (κ3) is 27.9. The van der Waals surface area contributed by atoms with Gasteiger partial charge in [-0.1, -0.05) is 205 Å². The number of aliphatic carboxylic acids is 2. The van der Waals surface area contributed by atoms with Crippen molar-refractivity contribution in [1.29, 1.82) is 0 Å². The van der Waals surface area contributed by atoms with Crippen molar-refractivity contribution in [2.75, 3.05) is 0 Å². The van der Waals surface area contributed by atoms with Crippen LogP contribution in [0.25, 0.3) is 0 Å². The Hall–Kier alpha value is -1.58. The Kier molecular flexibility index (Phi) is 31.6. The predicted octanol–water partition coefficient (Wildman–Crippen LogP) is 13.4. The van der Waals surface area contributed by atoms with Crippen molar-refractivity contribution in [3.8, 4) is 0 Å². The summed E-state index contributed by atoms with van der Waals surface area (Å²) in [6, 6.07) is 0. The molecule has 0 bridgehead atoms. The molecule has 4 heteroatoms. The van der Waals surface area contributed by atoms with E-state index in [4.69, 9.17) is 0 Å². The van der Waals surface area contributed by atoms with E-state index in [9.17, 15) is 19.8 Å². The molecule has 258 valence electrons. The van der Waals surface area contributed by atoms with E-state index < -0.39 is 23.8 Å². The maximum Gasteiger partial charge on any atom is 0.318 e. The second-order valence-electron chi connectivity index (χ2n) is 13.5. The van der Waals surface area contributed by atoms with E-state index in [0.717, 1.165) is 38.5 Å². The van der Waals surface area contributed by atoms with Crippen molar-refractivity contribution in [1.82, 2.24) is 0 Å². The lowest BCUT2D eigenvalue weighted by Gasteiger charge is -2.20. The molecule has 0 saturated heterocycles. The third-order valence-corrected chi connectivity index (χ3v) is 9.12. The molecule has 0 aliphatic rings.